The monoisotopic (exact) mass is 150 g/mol. The van der Waals surface area contributed by atoms with Gasteiger partial charge in [0.15, 0.2) is 17.4 Å². The number of carbonyl (C=O) groups is 1. The normalized spacial score (nSPS) is 3.43. The Balaban J connectivity index is -0.0000000150. The molecule has 0 saturated carbocycles. The van der Waals surface area contributed by atoms with Crippen molar-refractivity contribution >= 4 is 74.9 Å². The van der Waals surface area contributed by atoms with E-state index in [2.05, 4.69) is 0 Å². The quantitative estimate of drug-likeness (QED) is 0.376. The van der Waals surface area contributed by atoms with Gasteiger partial charge in [0.2, 0.25) is 0 Å². The first kappa shape index (κ1) is 23.8. The van der Waals surface area contributed by atoms with Crippen molar-refractivity contribution in [3.8, 4) is 0 Å². The van der Waals surface area contributed by atoms with Crippen LogP contribution in [-0.4, -0.2) is 90.6 Å². The van der Waals surface area contributed by atoms with Gasteiger partial charge in [0, 0.05) is 0 Å². The molecule has 0 aliphatic carbocycles. The summed E-state index contributed by atoms with van der Waals surface area (Å²) in [5, 5.41) is 13.9. The van der Waals surface area contributed by atoms with Gasteiger partial charge in [0.25, 0.3) is 0 Å². The van der Waals surface area contributed by atoms with E-state index in [1.165, 1.54) is 0 Å². The molecule has 0 fully saturated rings. The summed E-state index contributed by atoms with van der Waals surface area (Å²) in [7, 11) is 0. The van der Waals surface area contributed by atoms with Crippen LogP contribution in [-0.2, 0) is 0 Å². The van der Waals surface area contributed by atoms with Gasteiger partial charge in [-0.05, 0) is 0 Å². The molecule has 0 bridgehead atoms. The van der Waals surface area contributed by atoms with E-state index >= 15 is 0 Å². The van der Waals surface area contributed by atoms with Crippen LogP contribution in [0.3, 0.4) is 0 Å². The molecule has 0 spiro atoms. The van der Waals surface area contributed by atoms with Crippen molar-refractivity contribution in [2.75, 3.05) is 0 Å². The molecular formula is CH8AlKO4. The first-order chi connectivity index (χ1) is 1.73. The second kappa shape index (κ2) is 15.7. The Bertz CT molecular complexity index is 34.7. The van der Waals surface area contributed by atoms with Crippen LogP contribution in [0.2, 0.25) is 0 Å². The van der Waals surface area contributed by atoms with E-state index in [0.29, 0.717) is 0 Å². The van der Waals surface area contributed by atoms with Gasteiger partial charge in [0.1, 0.15) is 0 Å². The predicted octanol–water partition coefficient (Wildman–Crippen LogP) is -2.43. The van der Waals surface area contributed by atoms with Crippen molar-refractivity contribution in [1.82, 2.24) is 0 Å². The molecular weight excluding hydrogens is 142 g/mol. The average molecular weight is 150 g/mol. The van der Waals surface area contributed by atoms with Crippen molar-refractivity contribution in [1.29, 1.82) is 0 Å². The minimum absolute atomic E-state index is 0. The van der Waals surface area contributed by atoms with Gasteiger partial charge >= 0.3 is 57.5 Å². The first-order valence-corrected chi connectivity index (χ1v) is 0.651. The summed E-state index contributed by atoms with van der Waals surface area (Å²) in [6.07, 6.45) is -1.83. The maximum absolute atomic E-state index is 8.56. The predicted molar refractivity (Wildman–Crippen MR) is 31.4 cm³/mol. The standard InChI is InChI=1S/CH2O3.Al.K.H2O.4H/c2-1(3)4;;;;;;;/h(H2,2,3,4);;;1H2;;;;. The average Bonchev–Trinajstić information content (AvgIpc) is 0.811. The van der Waals surface area contributed by atoms with E-state index in [1.807, 2.05) is 0 Å². The van der Waals surface area contributed by atoms with Gasteiger partial charge in [-0.3, -0.25) is 0 Å². The molecule has 7 heavy (non-hydrogen) atoms. The zero-order valence-electron chi connectivity index (χ0n) is 2.30. The molecule has 6 heteroatoms. The van der Waals surface area contributed by atoms with Crippen LogP contribution in [0.25, 0.3) is 0 Å². The first-order valence-electron chi connectivity index (χ1n) is 0.651. The zero-order chi connectivity index (χ0) is 3.58. The summed E-state index contributed by atoms with van der Waals surface area (Å²) in [6, 6.07) is 0. The molecule has 0 atom stereocenters. The third-order valence-electron chi connectivity index (χ3n) is 0. The molecule has 0 aliphatic heterocycles. The van der Waals surface area contributed by atoms with E-state index in [0.717, 1.165) is 0 Å². The van der Waals surface area contributed by atoms with Gasteiger partial charge in [-0.1, -0.05) is 0 Å². The molecule has 0 rings (SSSR count). The summed E-state index contributed by atoms with van der Waals surface area (Å²) >= 11 is 0. The third-order valence-corrected chi connectivity index (χ3v) is 0. The molecule has 0 saturated heterocycles. The molecule has 0 aliphatic rings. The summed E-state index contributed by atoms with van der Waals surface area (Å²) < 4.78 is 0. The summed E-state index contributed by atoms with van der Waals surface area (Å²) in [4.78, 5) is 8.56. The fourth-order valence-electron chi connectivity index (χ4n) is 0. The Morgan fingerprint density at radius 3 is 1.29 bits per heavy atom. The maximum atomic E-state index is 8.56. The van der Waals surface area contributed by atoms with Crippen LogP contribution in [0.1, 0.15) is 0 Å². The van der Waals surface area contributed by atoms with E-state index in [9.17, 15) is 0 Å². The Labute approximate surface area is 93.8 Å². The van der Waals surface area contributed by atoms with Gasteiger partial charge in [-0.15, -0.1) is 0 Å². The van der Waals surface area contributed by atoms with E-state index in [1.54, 1.807) is 0 Å². The van der Waals surface area contributed by atoms with Crippen LogP contribution < -0.4 is 0 Å². The fraction of sp³-hybridized carbons (Fsp3) is 0. The Morgan fingerprint density at radius 1 is 1.29 bits per heavy atom. The molecule has 4 N–H and O–H groups in total. The van der Waals surface area contributed by atoms with Crippen molar-refractivity contribution < 1.29 is 20.5 Å². The van der Waals surface area contributed by atoms with E-state index in [4.69, 9.17) is 15.0 Å². The number of rotatable bonds is 0. The number of carboxylic acid groups (broad SMARTS) is 2. The molecule has 0 amide bonds. The molecule has 0 aromatic carbocycles. The van der Waals surface area contributed by atoms with Crippen molar-refractivity contribution in [3.63, 3.8) is 0 Å². The van der Waals surface area contributed by atoms with Crippen LogP contribution in [0.5, 0.6) is 0 Å². The third kappa shape index (κ3) is 110. The van der Waals surface area contributed by atoms with E-state index in [-0.39, 0.29) is 74.2 Å². The van der Waals surface area contributed by atoms with Crippen LogP contribution in [0.4, 0.5) is 4.79 Å². The zero-order valence-corrected chi connectivity index (χ0v) is 2.30. The van der Waals surface area contributed by atoms with Crippen LogP contribution in [0, 0.1) is 0 Å². The fourth-order valence-corrected chi connectivity index (χ4v) is 0. The van der Waals surface area contributed by atoms with Crippen LogP contribution >= 0.6 is 0 Å². The summed E-state index contributed by atoms with van der Waals surface area (Å²) in [6.45, 7) is 0. The van der Waals surface area contributed by atoms with Gasteiger partial charge in [0.05, 0.1) is 0 Å². The van der Waals surface area contributed by atoms with Gasteiger partial charge < -0.3 is 15.7 Å². The molecule has 0 heterocycles. The second-order valence-electron chi connectivity index (χ2n) is 0.283. The minimum atomic E-state index is -1.83. The number of hydrogen-bond acceptors (Lipinski definition) is 1. The summed E-state index contributed by atoms with van der Waals surface area (Å²) in [5.74, 6) is 0. The molecule has 0 unspecified atom stereocenters. The SMILES string of the molecule is O.O=C(O)O.[AlH3].[KH]. The van der Waals surface area contributed by atoms with Gasteiger partial charge in [-0.2, -0.15) is 0 Å². The molecule has 0 radical (unpaired) electrons. The van der Waals surface area contributed by atoms with E-state index < -0.39 is 6.16 Å². The molecule has 4 nitrogen and oxygen atoms in total. The van der Waals surface area contributed by atoms with Crippen LogP contribution in [0.15, 0.2) is 0 Å². The number of hydrogen-bond donors (Lipinski definition) is 2. The van der Waals surface area contributed by atoms with Crippen molar-refractivity contribution in [2.45, 2.75) is 0 Å². The molecule has 0 aromatic heterocycles. The Morgan fingerprint density at radius 2 is 1.29 bits per heavy atom. The topological polar surface area (TPSA) is 89.0 Å². The molecule has 0 aromatic rings. The molecule has 40 valence electrons. The summed E-state index contributed by atoms with van der Waals surface area (Å²) in [5.41, 5.74) is 0. The van der Waals surface area contributed by atoms with Crippen molar-refractivity contribution in [2.24, 2.45) is 0 Å². The van der Waals surface area contributed by atoms with Crippen molar-refractivity contribution in [3.05, 3.63) is 0 Å². The Kier molecular flexibility index (Phi) is 53.1. The second-order valence-corrected chi connectivity index (χ2v) is 0.283. The van der Waals surface area contributed by atoms with Gasteiger partial charge in [-0.25, -0.2) is 4.79 Å². The Hall–Kier alpha value is 1.40.